The molecule has 5 aromatic carbocycles. The normalized spacial score (nSPS) is 14.0. The molecule has 0 bridgehead atoms. The molecule has 0 N–H and O–H groups in total. The Morgan fingerprint density at radius 3 is 1.23 bits per heavy atom. The minimum Gasteiger partial charge on any atom is -0.270 e. The van der Waals surface area contributed by atoms with Crippen molar-refractivity contribution in [1.82, 2.24) is 19.8 Å². The molecule has 4 amide bonds. The number of nitrogens with zero attached hydrogens (tertiary/aromatic N) is 6. The molecular formula is C38H18N6O4. The average molecular weight is 623 g/mol. The van der Waals surface area contributed by atoms with Crippen LogP contribution in [-0.4, -0.2) is 43.4 Å². The van der Waals surface area contributed by atoms with E-state index < -0.39 is 23.6 Å². The third-order valence-electron chi connectivity index (χ3n) is 9.43. The molecule has 224 valence electrons. The molecule has 0 aliphatic carbocycles. The number of carbonyl (C=O) groups is 4. The van der Waals surface area contributed by atoms with Gasteiger partial charge in [0.2, 0.25) is 0 Å². The van der Waals surface area contributed by atoms with Gasteiger partial charge in [-0.05, 0) is 70.4 Å². The summed E-state index contributed by atoms with van der Waals surface area (Å²) in [6.07, 6.45) is 6.34. The lowest BCUT2D eigenvalue weighted by Crippen LogP contribution is -2.40. The Balaban J connectivity index is 1.35. The first kappa shape index (κ1) is 27.3. The number of nitriles is 2. The number of rotatable bonds is 4. The topological polar surface area (TPSA) is 148 Å². The number of aromatic nitrogens is 2. The van der Waals surface area contributed by atoms with Crippen LogP contribution in [0, 0.1) is 22.7 Å². The monoisotopic (exact) mass is 622 g/mol. The molecule has 0 unspecified atom stereocenters. The number of hydrogen-bond acceptors (Lipinski definition) is 8. The van der Waals surface area contributed by atoms with Gasteiger partial charge in [-0.1, -0.05) is 12.1 Å². The minimum atomic E-state index is -0.536. The zero-order valence-electron chi connectivity index (χ0n) is 24.8. The van der Waals surface area contributed by atoms with E-state index in [-0.39, 0.29) is 35.3 Å². The molecule has 0 saturated heterocycles. The van der Waals surface area contributed by atoms with Crippen molar-refractivity contribution in [2.75, 3.05) is 0 Å². The predicted molar refractivity (Wildman–Crippen MR) is 174 cm³/mol. The third kappa shape index (κ3) is 3.48. The maximum absolute atomic E-state index is 14.0. The van der Waals surface area contributed by atoms with Crippen molar-refractivity contribution in [2.24, 2.45) is 0 Å². The van der Waals surface area contributed by atoms with Crippen molar-refractivity contribution in [3.05, 3.63) is 130 Å². The average Bonchev–Trinajstić information content (AvgIpc) is 3.12. The standard InChI is InChI=1S/C38H18N6O4/c39-15-21-13-28-32-26(36(46)44(38(28)48)18-20-7-11-42-12-8-20)4-2-24-30-22(16-40)14-27-31-25(3-1-23(33(30)31)29(21)34(24)32)35(45)43(37(27)47)17-19-5-9-41-10-6-19/h1-14H,17-18H2. The number of amides is 4. The van der Waals surface area contributed by atoms with Gasteiger partial charge in [0.1, 0.15) is 0 Å². The maximum atomic E-state index is 14.0. The molecule has 7 aromatic rings. The van der Waals surface area contributed by atoms with E-state index in [2.05, 4.69) is 22.1 Å². The quantitative estimate of drug-likeness (QED) is 0.135. The minimum absolute atomic E-state index is 0.0268. The van der Waals surface area contributed by atoms with E-state index in [1.807, 2.05) is 0 Å². The van der Waals surface area contributed by atoms with Crippen molar-refractivity contribution >= 4 is 66.7 Å². The van der Waals surface area contributed by atoms with Crippen molar-refractivity contribution in [3.63, 3.8) is 0 Å². The summed E-state index contributed by atoms with van der Waals surface area (Å²) in [7, 11) is 0. The second-order valence-electron chi connectivity index (χ2n) is 11.8. The van der Waals surface area contributed by atoms with Gasteiger partial charge in [0.15, 0.2) is 0 Å². The molecule has 2 aromatic heterocycles. The highest BCUT2D eigenvalue weighted by Gasteiger charge is 2.38. The fraction of sp³-hybridized carbons (Fsp3) is 0.0526. The van der Waals surface area contributed by atoms with Crippen molar-refractivity contribution in [2.45, 2.75) is 13.1 Å². The Kier molecular flexibility index (Phi) is 5.53. The first-order chi connectivity index (χ1) is 23.4. The Labute approximate surface area is 271 Å². The molecule has 10 nitrogen and oxygen atoms in total. The molecule has 0 spiro atoms. The van der Waals surface area contributed by atoms with Gasteiger partial charge >= 0.3 is 0 Å². The van der Waals surface area contributed by atoms with Crippen LogP contribution >= 0.6 is 0 Å². The van der Waals surface area contributed by atoms with Gasteiger partial charge in [-0.25, -0.2) is 0 Å². The highest BCUT2D eigenvalue weighted by atomic mass is 16.2. The molecule has 10 heteroatoms. The van der Waals surface area contributed by atoms with Crippen molar-refractivity contribution < 1.29 is 19.2 Å². The molecule has 9 rings (SSSR count). The lowest BCUT2D eigenvalue weighted by molar-refractivity contribution is 0.0583. The van der Waals surface area contributed by atoms with Crippen LogP contribution in [0.4, 0.5) is 0 Å². The summed E-state index contributed by atoms with van der Waals surface area (Å²) in [4.78, 5) is 66.2. The fourth-order valence-electron chi connectivity index (χ4n) is 7.37. The number of hydrogen-bond donors (Lipinski definition) is 0. The molecule has 4 heterocycles. The van der Waals surface area contributed by atoms with Gasteiger partial charge in [0.05, 0.1) is 47.5 Å². The number of pyridine rings is 2. The smallest absolute Gasteiger partial charge is 0.261 e. The van der Waals surface area contributed by atoms with E-state index in [0.717, 1.165) is 20.9 Å². The summed E-state index contributed by atoms with van der Waals surface area (Å²) in [5.41, 5.74) is 2.84. The van der Waals surface area contributed by atoms with Crippen LogP contribution in [0.5, 0.6) is 0 Å². The van der Waals surface area contributed by atoms with E-state index in [1.165, 1.54) is 12.1 Å². The molecule has 0 radical (unpaired) electrons. The van der Waals surface area contributed by atoms with Crippen LogP contribution in [0.2, 0.25) is 0 Å². The maximum Gasteiger partial charge on any atom is 0.261 e. The summed E-state index contributed by atoms with van der Waals surface area (Å²) in [6, 6.07) is 21.1. The first-order valence-corrected chi connectivity index (χ1v) is 15.0. The van der Waals surface area contributed by atoms with Crippen LogP contribution in [0.3, 0.4) is 0 Å². The zero-order chi connectivity index (χ0) is 32.8. The zero-order valence-corrected chi connectivity index (χ0v) is 24.8. The van der Waals surface area contributed by atoms with Crippen molar-refractivity contribution in [1.29, 1.82) is 10.5 Å². The van der Waals surface area contributed by atoms with Crippen LogP contribution in [0.25, 0.3) is 43.1 Å². The fourth-order valence-corrected chi connectivity index (χ4v) is 7.37. The lowest BCUT2D eigenvalue weighted by Gasteiger charge is -2.30. The van der Waals surface area contributed by atoms with Gasteiger partial charge < -0.3 is 0 Å². The lowest BCUT2D eigenvalue weighted by atomic mass is 9.79. The van der Waals surface area contributed by atoms with E-state index in [0.29, 0.717) is 54.2 Å². The Hall–Kier alpha value is -7.04. The Morgan fingerprint density at radius 1 is 0.479 bits per heavy atom. The van der Waals surface area contributed by atoms with Gasteiger partial charge in [-0.2, -0.15) is 10.5 Å². The van der Waals surface area contributed by atoms with Gasteiger partial charge in [-0.3, -0.25) is 38.9 Å². The molecule has 0 saturated carbocycles. The van der Waals surface area contributed by atoms with Crippen LogP contribution in [-0.2, 0) is 13.1 Å². The van der Waals surface area contributed by atoms with Crippen LogP contribution in [0.15, 0.2) is 85.5 Å². The molecule has 48 heavy (non-hydrogen) atoms. The highest BCUT2D eigenvalue weighted by Crippen LogP contribution is 2.48. The summed E-state index contributed by atoms with van der Waals surface area (Å²) in [5.74, 6) is -2.03. The summed E-state index contributed by atoms with van der Waals surface area (Å²) in [6.45, 7) is 0.0536. The number of carbonyl (C=O) groups excluding carboxylic acids is 4. The van der Waals surface area contributed by atoms with E-state index in [4.69, 9.17) is 0 Å². The summed E-state index contributed by atoms with van der Waals surface area (Å²) < 4.78 is 0. The molecule has 0 fully saturated rings. The van der Waals surface area contributed by atoms with E-state index >= 15 is 0 Å². The number of benzene rings is 5. The second-order valence-corrected chi connectivity index (χ2v) is 11.8. The highest BCUT2D eigenvalue weighted by molar-refractivity contribution is 6.42. The SMILES string of the molecule is N#Cc1cc2c3c(ccc4c5c(C#N)cc6c7c(ccc(c1c34)c75)C(=O)N(Cc1ccncc1)C6=O)C(=O)N(Cc1ccncc1)C2=O. The van der Waals surface area contributed by atoms with Crippen LogP contribution < -0.4 is 0 Å². The second kappa shape index (κ2) is 9.73. The molecule has 2 aliphatic rings. The largest absolute Gasteiger partial charge is 0.270 e. The molecule has 0 atom stereocenters. The van der Waals surface area contributed by atoms with E-state index in [1.54, 1.807) is 73.3 Å². The Bertz CT molecular complexity index is 2540. The molecule has 2 aliphatic heterocycles. The van der Waals surface area contributed by atoms with Gasteiger partial charge in [0.25, 0.3) is 23.6 Å². The van der Waals surface area contributed by atoms with Gasteiger partial charge in [0, 0.05) is 68.2 Å². The third-order valence-corrected chi connectivity index (χ3v) is 9.43. The predicted octanol–water partition coefficient (Wildman–Crippen LogP) is 5.86. The number of fused-ring (bicyclic) bond motifs is 2. The first-order valence-electron chi connectivity index (χ1n) is 15.0. The molecular weight excluding hydrogens is 604 g/mol. The van der Waals surface area contributed by atoms with Crippen LogP contribution in [0.1, 0.15) is 63.7 Å². The van der Waals surface area contributed by atoms with Crippen molar-refractivity contribution in [3.8, 4) is 12.1 Å². The Morgan fingerprint density at radius 2 is 0.854 bits per heavy atom. The van der Waals surface area contributed by atoms with E-state index in [9.17, 15) is 29.7 Å². The summed E-state index contributed by atoms with van der Waals surface area (Å²) in [5, 5.41) is 24.8. The van der Waals surface area contributed by atoms with Gasteiger partial charge in [-0.15, -0.1) is 0 Å². The summed E-state index contributed by atoms with van der Waals surface area (Å²) >= 11 is 0. The number of imide groups is 2.